The number of imidazole rings is 1. The van der Waals surface area contributed by atoms with E-state index in [2.05, 4.69) is 15.3 Å². The molecular formula is C22H27N7O3. The van der Waals surface area contributed by atoms with Gasteiger partial charge in [0, 0.05) is 24.7 Å². The van der Waals surface area contributed by atoms with Gasteiger partial charge in [-0.15, -0.1) is 5.10 Å². The van der Waals surface area contributed by atoms with Gasteiger partial charge in [0.25, 0.3) is 0 Å². The van der Waals surface area contributed by atoms with Gasteiger partial charge in [0.15, 0.2) is 5.88 Å². The topological polar surface area (TPSA) is 122 Å². The third kappa shape index (κ3) is 4.10. The first-order valence-corrected chi connectivity index (χ1v) is 10.7. The Hall–Kier alpha value is -3.61. The molecule has 0 radical (unpaired) electrons. The Labute approximate surface area is 186 Å². The van der Waals surface area contributed by atoms with E-state index in [4.69, 9.17) is 4.74 Å². The highest BCUT2D eigenvalue weighted by atomic mass is 16.6. The van der Waals surface area contributed by atoms with Gasteiger partial charge in [-0.1, -0.05) is 5.21 Å². The highest BCUT2D eigenvalue weighted by molar-refractivity contribution is 5.69. The lowest BCUT2D eigenvalue weighted by atomic mass is 10.1. The molecule has 4 rings (SSSR count). The van der Waals surface area contributed by atoms with Crippen molar-refractivity contribution in [3.05, 3.63) is 29.7 Å². The minimum atomic E-state index is -0.518. The van der Waals surface area contributed by atoms with E-state index in [1.54, 1.807) is 17.0 Å². The quantitative estimate of drug-likeness (QED) is 0.652. The van der Waals surface area contributed by atoms with Gasteiger partial charge >= 0.3 is 6.09 Å². The summed E-state index contributed by atoms with van der Waals surface area (Å²) in [7, 11) is 0. The molecule has 0 aromatic carbocycles. The van der Waals surface area contributed by atoms with Crippen LogP contribution in [0.5, 0.6) is 5.88 Å². The molecule has 168 valence electrons. The lowest BCUT2D eigenvalue weighted by Gasteiger charge is -2.26. The van der Waals surface area contributed by atoms with Crippen LogP contribution in [-0.4, -0.2) is 59.2 Å². The minimum Gasteiger partial charge on any atom is -0.494 e. The fourth-order valence-corrected chi connectivity index (χ4v) is 4.10. The Kier molecular flexibility index (Phi) is 5.50. The normalized spacial score (nSPS) is 17.2. The predicted octanol–water partition coefficient (Wildman–Crippen LogP) is 3.44. The molecule has 1 unspecified atom stereocenters. The van der Waals surface area contributed by atoms with E-state index in [1.807, 2.05) is 38.4 Å². The number of likely N-dealkylation sites (tertiary alicyclic amines) is 1. The summed E-state index contributed by atoms with van der Waals surface area (Å²) in [4.78, 5) is 18.4. The van der Waals surface area contributed by atoms with Gasteiger partial charge < -0.3 is 14.7 Å². The Morgan fingerprint density at radius 1 is 1.28 bits per heavy atom. The Morgan fingerprint density at radius 2 is 2.06 bits per heavy atom. The summed E-state index contributed by atoms with van der Waals surface area (Å²) < 4.78 is 8.81. The molecule has 10 heteroatoms. The van der Waals surface area contributed by atoms with E-state index in [0.717, 1.165) is 25.0 Å². The molecule has 0 bridgehead atoms. The van der Waals surface area contributed by atoms with Crippen LogP contribution >= 0.6 is 0 Å². The van der Waals surface area contributed by atoms with Crippen molar-refractivity contribution in [3.8, 4) is 23.2 Å². The van der Waals surface area contributed by atoms with Gasteiger partial charge in [0.05, 0.1) is 17.9 Å². The molecule has 32 heavy (non-hydrogen) atoms. The van der Waals surface area contributed by atoms with Crippen molar-refractivity contribution < 1.29 is 14.6 Å². The van der Waals surface area contributed by atoms with Crippen molar-refractivity contribution in [2.45, 2.75) is 58.6 Å². The number of nitrogens with zero attached hydrogens (tertiary/aromatic N) is 7. The van der Waals surface area contributed by atoms with E-state index in [1.165, 1.54) is 10.6 Å². The molecule has 4 heterocycles. The summed E-state index contributed by atoms with van der Waals surface area (Å²) in [5.74, 6) is -0.0806. The Bertz CT molecular complexity index is 1200. The molecule has 1 saturated heterocycles. The van der Waals surface area contributed by atoms with Crippen molar-refractivity contribution in [1.82, 2.24) is 29.3 Å². The van der Waals surface area contributed by atoms with E-state index >= 15 is 0 Å². The van der Waals surface area contributed by atoms with Crippen LogP contribution in [0.3, 0.4) is 0 Å². The minimum absolute atomic E-state index is 0.0806. The first-order chi connectivity index (χ1) is 15.2. The molecule has 1 aliphatic rings. The maximum Gasteiger partial charge on any atom is 0.410 e. The molecule has 0 saturated carbocycles. The van der Waals surface area contributed by atoms with Crippen molar-refractivity contribution in [3.63, 3.8) is 0 Å². The number of carbonyl (C=O) groups excluding carboxylic acids is 1. The SMILES string of the molecule is Cc1c(-c2cc(O)n3c(C#N)cnc3c2)nnn1C1CCCN(C(=O)OC(C)(C)C)CC1. The van der Waals surface area contributed by atoms with Crippen LogP contribution in [0.2, 0.25) is 0 Å². The zero-order chi connectivity index (χ0) is 23.0. The van der Waals surface area contributed by atoms with Crippen LogP contribution in [0.15, 0.2) is 18.3 Å². The Morgan fingerprint density at radius 3 is 2.78 bits per heavy atom. The zero-order valence-corrected chi connectivity index (χ0v) is 18.7. The van der Waals surface area contributed by atoms with Crippen molar-refractivity contribution >= 4 is 11.7 Å². The number of carbonyl (C=O) groups is 1. The monoisotopic (exact) mass is 437 g/mol. The number of pyridine rings is 1. The number of ether oxygens (including phenoxy) is 1. The van der Waals surface area contributed by atoms with E-state index < -0.39 is 5.60 Å². The first kappa shape index (κ1) is 21.6. The third-order valence-electron chi connectivity index (χ3n) is 5.60. The highest BCUT2D eigenvalue weighted by Gasteiger charge is 2.27. The fourth-order valence-electron chi connectivity index (χ4n) is 4.10. The summed E-state index contributed by atoms with van der Waals surface area (Å²) in [6.45, 7) is 8.78. The van der Waals surface area contributed by atoms with Crippen LogP contribution in [0.25, 0.3) is 16.9 Å². The molecule has 0 spiro atoms. The number of aromatic nitrogens is 5. The number of amides is 1. The molecule has 3 aromatic rings. The highest BCUT2D eigenvalue weighted by Crippen LogP contribution is 2.31. The number of hydrogen-bond acceptors (Lipinski definition) is 7. The van der Waals surface area contributed by atoms with Crippen LogP contribution in [0.4, 0.5) is 4.79 Å². The summed E-state index contributed by atoms with van der Waals surface area (Å²) in [5, 5.41) is 28.4. The second-order valence-corrected chi connectivity index (χ2v) is 9.07. The largest absolute Gasteiger partial charge is 0.494 e. The molecule has 1 N–H and O–H groups in total. The van der Waals surface area contributed by atoms with Crippen molar-refractivity contribution in [1.29, 1.82) is 5.26 Å². The lowest BCUT2D eigenvalue weighted by Crippen LogP contribution is -2.37. The summed E-state index contributed by atoms with van der Waals surface area (Å²) in [6, 6.07) is 5.46. The summed E-state index contributed by atoms with van der Waals surface area (Å²) in [6.07, 6.45) is 3.60. The summed E-state index contributed by atoms with van der Waals surface area (Å²) in [5.41, 5.74) is 2.41. The molecule has 3 aromatic heterocycles. The number of aromatic hydroxyl groups is 1. The zero-order valence-electron chi connectivity index (χ0n) is 18.7. The molecule has 0 aliphatic carbocycles. The predicted molar refractivity (Wildman–Crippen MR) is 116 cm³/mol. The van der Waals surface area contributed by atoms with Gasteiger partial charge in [-0.2, -0.15) is 5.26 Å². The number of fused-ring (bicyclic) bond motifs is 1. The fraction of sp³-hybridized carbons (Fsp3) is 0.500. The maximum atomic E-state index is 12.4. The molecule has 1 fully saturated rings. The standard InChI is InChI=1S/C22H27N7O3/c1-14-20(15-10-18-24-13-17(12-23)28(18)19(30)11-15)25-26-29(14)16-6-5-8-27(9-7-16)21(31)32-22(2,3)4/h10-11,13,16,30H,5-9H2,1-4H3. The lowest BCUT2D eigenvalue weighted by molar-refractivity contribution is 0.0255. The molecule has 1 aliphatic heterocycles. The number of hydrogen-bond donors (Lipinski definition) is 1. The van der Waals surface area contributed by atoms with Crippen LogP contribution in [0, 0.1) is 18.3 Å². The number of rotatable bonds is 2. The van der Waals surface area contributed by atoms with Gasteiger partial charge in [-0.05, 0) is 53.0 Å². The smallest absolute Gasteiger partial charge is 0.410 e. The molecule has 1 atom stereocenters. The molecular weight excluding hydrogens is 410 g/mol. The second-order valence-electron chi connectivity index (χ2n) is 9.07. The number of nitriles is 1. The second kappa shape index (κ2) is 8.15. The van der Waals surface area contributed by atoms with Gasteiger partial charge in [0.1, 0.15) is 28.7 Å². The summed E-state index contributed by atoms with van der Waals surface area (Å²) >= 11 is 0. The Balaban J connectivity index is 1.55. The van der Waals surface area contributed by atoms with Gasteiger partial charge in [0.2, 0.25) is 0 Å². The maximum absolute atomic E-state index is 12.4. The third-order valence-corrected chi connectivity index (χ3v) is 5.60. The van der Waals surface area contributed by atoms with E-state index in [9.17, 15) is 15.2 Å². The van der Waals surface area contributed by atoms with Crippen molar-refractivity contribution in [2.75, 3.05) is 13.1 Å². The molecule has 10 nitrogen and oxygen atoms in total. The first-order valence-electron chi connectivity index (χ1n) is 10.7. The van der Waals surface area contributed by atoms with Crippen LogP contribution in [-0.2, 0) is 4.74 Å². The van der Waals surface area contributed by atoms with Crippen LogP contribution < -0.4 is 0 Å². The van der Waals surface area contributed by atoms with Gasteiger partial charge in [-0.3, -0.25) is 4.40 Å². The van der Waals surface area contributed by atoms with E-state index in [0.29, 0.717) is 30.0 Å². The molecule has 1 amide bonds. The van der Waals surface area contributed by atoms with E-state index in [-0.39, 0.29) is 23.7 Å². The van der Waals surface area contributed by atoms with Gasteiger partial charge in [-0.25, -0.2) is 14.5 Å². The van der Waals surface area contributed by atoms with Crippen LogP contribution in [0.1, 0.15) is 57.5 Å². The average molecular weight is 438 g/mol. The van der Waals surface area contributed by atoms with Crippen molar-refractivity contribution in [2.24, 2.45) is 0 Å². The average Bonchev–Trinajstić information content (AvgIpc) is 3.22.